The second-order valence-corrected chi connectivity index (χ2v) is 5.78. The van der Waals surface area contributed by atoms with E-state index in [1.54, 1.807) is 7.11 Å². The first kappa shape index (κ1) is 11.6. The smallest absolute Gasteiger partial charge is 0.121 e. The number of benzene rings is 1. The highest BCUT2D eigenvalue weighted by Crippen LogP contribution is 2.30. The molecule has 1 aliphatic rings. The number of methoxy groups -OCH3 is 1. The zero-order valence-electron chi connectivity index (χ0n) is 10.1. The second kappa shape index (κ2) is 5.00. The van der Waals surface area contributed by atoms with Crippen LogP contribution in [0.3, 0.4) is 0 Å². The number of nitrogens with one attached hydrogen (secondary N) is 1. The van der Waals surface area contributed by atoms with Gasteiger partial charge in [-0.1, -0.05) is 6.92 Å². The molecule has 1 aromatic rings. The molecule has 0 radical (unpaired) electrons. The summed E-state index contributed by atoms with van der Waals surface area (Å²) in [6.45, 7) is 4.38. The number of rotatable bonds is 3. The summed E-state index contributed by atoms with van der Waals surface area (Å²) in [5, 5.41) is 4.32. The van der Waals surface area contributed by atoms with E-state index >= 15 is 0 Å². The van der Waals surface area contributed by atoms with E-state index in [-0.39, 0.29) is 0 Å². The van der Waals surface area contributed by atoms with Crippen LogP contribution >= 0.6 is 11.8 Å². The van der Waals surface area contributed by atoms with E-state index < -0.39 is 0 Å². The van der Waals surface area contributed by atoms with Gasteiger partial charge in [0.25, 0.3) is 0 Å². The number of ether oxygens (including phenoxy) is 1. The number of hydrogen-bond acceptors (Lipinski definition) is 3. The lowest BCUT2D eigenvalue weighted by atomic mass is 10.1. The Morgan fingerprint density at radius 3 is 2.81 bits per heavy atom. The monoisotopic (exact) mass is 237 g/mol. The van der Waals surface area contributed by atoms with Gasteiger partial charge in [0.2, 0.25) is 0 Å². The molecule has 1 saturated heterocycles. The Labute approximate surface area is 102 Å². The number of anilines is 1. The molecule has 3 heteroatoms. The third kappa shape index (κ3) is 2.46. The van der Waals surface area contributed by atoms with Gasteiger partial charge in [-0.05, 0) is 42.9 Å². The average Bonchev–Trinajstić information content (AvgIpc) is 2.65. The normalized spacial score (nSPS) is 24.4. The van der Waals surface area contributed by atoms with Crippen LogP contribution in [0, 0.1) is 6.92 Å². The molecule has 0 amide bonds. The third-order valence-corrected chi connectivity index (χ3v) is 4.45. The van der Waals surface area contributed by atoms with Crippen molar-refractivity contribution in [1.29, 1.82) is 0 Å². The largest absolute Gasteiger partial charge is 0.496 e. The Balaban J connectivity index is 2.07. The molecule has 88 valence electrons. The van der Waals surface area contributed by atoms with Crippen molar-refractivity contribution in [1.82, 2.24) is 0 Å². The second-order valence-electron chi connectivity index (χ2n) is 4.30. The lowest BCUT2D eigenvalue weighted by Crippen LogP contribution is -2.24. The topological polar surface area (TPSA) is 21.3 Å². The minimum absolute atomic E-state index is 0.609. The molecule has 1 N–H and O–H groups in total. The van der Waals surface area contributed by atoms with Crippen molar-refractivity contribution in [3.05, 3.63) is 23.8 Å². The summed E-state index contributed by atoms with van der Waals surface area (Å²) in [4.78, 5) is 0. The maximum atomic E-state index is 5.26. The van der Waals surface area contributed by atoms with Gasteiger partial charge in [-0.15, -0.1) is 0 Å². The standard InChI is InChI=1S/C13H19NOS/c1-9-8-11(4-5-13(9)15-3)14-12-6-7-16-10(12)2/h4-5,8,10,12,14H,6-7H2,1-3H3. The quantitative estimate of drug-likeness (QED) is 0.871. The van der Waals surface area contributed by atoms with Crippen LogP contribution in [0.25, 0.3) is 0 Å². The lowest BCUT2D eigenvalue weighted by Gasteiger charge is -2.18. The number of aryl methyl sites for hydroxylation is 1. The zero-order chi connectivity index (χ0) is 11.5. The van der Waals surface area contributed by atoms with Crippen LogP contribution in [0.5, 0.6) is 5.75 Å². The molecule has 0 aliphatic carbocycles. The molecule has 0 bridgehead atoms. The van der Waals surface area contributed by atoms with Crippen LogP contribution in [0.4, 0.5) is 5.69 Å². The van der Waals surface area contributed by atoms with E-state index in [1.165, 1.54) is 23.4 Å². The highest BCUT2D eigenvalue weighted by Gasteiger charge is 2.23. The molecule has 1 aliphatic heterocycles. The Bertz CT molecular complexity index is 367. The van der Waals surface area contributed by atoms with Crippen molar-refractivity contribution in [3.8, 4) is 5.75 Å². The van der Waals surface area contributed by atoms with Gasteiger partial charge < -0.3 is 10.1 Å². The summed E-state index contributed by atoms with van der Waals surface area (Å²) in [6, 6.07) is 6.90. The number of hydrogen-bond donors (Lipinski definition) is 1. The zero-order valence-corrected chi connectivity index (χ0v) is 10.9. The summed E-state index contributed by atoms with van der Waals surface area (Å²) < 4.78 is 5.26. The third-order valence-electron chi connectivity index (χ3n) is 3.12. The molecule has 2 nitrogen and oxygen atoms in total. The molecule has 0 aromatic heterocycles. The van der Waals surface area contributed by atoms with Crippen molar-refractivity contribution >= 4 is 17.4 Å². The minimum Gasteiger partial charge on any atom is -0.496 e. The van der Waals surface area contributed by atoms with E-state index in [1.807, 2.05) is 17.8 Å². The van der Waals surface area contributed by atoms with Gasteiger partial charge >= 0.3 is 0 Å². The Morgan fingerprint density at radius 1 is 1.44 bits per heavy atom. The summed E-state index contributed by atoms with van der Waals surface area (Å²) in [5.41, 5.74) is 2.39. The van der Waals surface area contributed by atoms with Gasteiger partial charge in [0.05, 0.1) is 7.11 Å². The fourth-order valence-corrected chi connectivity index (χ4v) is 3.30. The van der Waals surface area contributed by atoms with Gasteiger partial charge in [0.1, 0.15) is 5.75 Å². The summed E-state index contributed by atoms with van der Waals surface area (Å²) in [6.07, 6.45) is 1.26. The predicted molar refractivity (Wildman–Crippen MR) is 71.7 cm³/mol. The van der Waals surface area contributed by atoms with Gasteiger partial charge in [-0.2, -0.15) is 11.8 Å². The molecule has 1 heterocycles. The van der Waals surface area contributed by atoms with E-state index in [4.69, 9.17) is 4.74 Å². The summed E-state index contributed by atoms with van der Waals surface area (Å²) >= 11 is 2.05. The van der Waals surface area contributed by atoms with Crippen molar-refractivity contribution in [3.63, 3.8) is 0 Å². The molecule has 2 unspecified atom stereocenters. The van der Waals surface area contributed by atoms with Crippen LogP contribution < -0.4 is 10.1 Å². The van der Waals surface area contributed by atoms with E-state index in [2.05, 4.69) is 31.3 Å². The molecule has 2 atom stereocenters. The average molecular weight is 237 g/mol. The summed E-state index contributed by atoms with van der Waals surface area (Å²) in [7, 11) is 1.71. The summed E-state index contributed by atoms with van der Waals surface area (Å²) in [5.74, 6) is 2.23. The minimum atomic E-state index is 0.609. The van der Waals surface area contributed by atoms with E-state index in [0.717, 1.165) is 5.75 Å². The molecule has 1 fully saturated rings. The maximum absolute atomic E-state index is 5.26. The molecule has 1 aromatic carbocycles. The predicted octanol–water partition coefficient (Wildman–Crippen LogP) is 3.31. The van der Waals surface area contributed by atoms with Crippen molar-refractivity contribution in [2.24, 2.45) is 0 Å². The van der Waals surface area contributed by atoms with Crippen LogP contribution in [-0.4, -0.2) is 24.2 Å². The highest BCUT2D eigenvalue weighted by atomic mass is 32.2. The molecule has 0 saturated carbocycles. The Kier molecular flexibility index (Phi) is 3.64. The SMILES string of the molecule is COc1ccc(NC2CCSC2C)cc1C. The number of thioether (sulfide) groups is 1. The fraction of sp³-hybridized carbons (Fsp3) is 0.538. The Morgan fingerprint density at radius 2 is 2.25 bits per heavy atom. The van der Waals surface area contributed by atoms with E-state index in [9.17, 15) is 0 Å². The van der Waals surface area contributed by atoms with Crippen LogP contribution in [0.1, 0.15) is 18.9 Å². The highest BCUT2D eigenvalue weighted by molar-refractivity contribution is 8.00. The Hall–Kier alpha value is -0.830. The molecular formula is C13H19NOS. The molecule has 0 spiro atoms. The van der Waals surface area contributed by atoms with Crippen LogP contribution in [-0.2, 0) is 0 Å². The van der Waals surface area contributed by atoms with Gasteiger partial charge in [-0.3, -0.25) is 0 Å². The molecular weight excluding hydrogens is 218 g/mol. The fourth-order valence-electron chi connectivity index (χ4n) is 2.10. The van der Waals surface area contributed by atoms with Gasteiger partial charge in [0.15, 0.2) is 0 Å². The van der Waals surface area contributed by atoms with E-state index in [0.29, 0.717) is 11.3 Å². The first-order chi connectivity index (χ1) is 7.70. The van der Waals surface area contributed by atoms with Crippen molar-refractivity contribution in [2.75, 3.05) is 18.2 Å². The van der Waals surface area contributed by atoms with Crippen LogP contribution in [0.15, 0.2) is 18.2 Å². The maximum Gasteiger partial charge on any atom is 0.121 e. The van der Waals surface area contributed by atoms with Crippen molar-refractivity contribution < 1.29 is 4.74 Å². The van der Waals surface area contributed by atoms with Crippen molar-refractivity contribution in [2.45, 2.75) is 31.6 Å². The van der Waals surface area contributed by atoms with Gasteiger partial charge in [-0.25, -0.2) is 0 Å². The molecule has 16 heavy (non-hydrogen) atoms. The van der Waals surface area contributed by atoms with Crippen LogP contribution in [0.2, 0.25) is 0 Å². The first-order valence-corrected chi connectivity index (χ1v) is 6.78. The lowest BCUT2D eigenvalue weighted by molar-refractivity contribution is 0.412. The first-order valence-electron chi connectivity index (χ1n) is 5.73. The molecule has 2 rings (SSSR count). The van der Waals surface area contributed by atoms with Gasteiger partial charge in [0, 0.05) is 17.0 Å².